The zero-order valence-electron chi connectivity index (χ0n) is 15.0. The maximum absolute atomic E-state index is 12.3. The van der Waals surface area contributed by atoms with Crippen LogP contribution in [0.15, 0.2) is 0 Å². The van der Waals surface area contributed by atoms with Gasteiger partial charge in [-0.2, -0.15) is 0 Å². The van der Waals surface area contributed by atoms with Crippen molar-refractivity contribution in [2.75, 3.05) is 26.2 Å². The van der Waals surface area contributed by atoms with Crippen molar-refractivity contribution >= 4 is 6.09 Å². The molecule has 0 aliphatic carbocycles. The highest BCUT2D eigenvalue weighted by Crippen LogP contribution is 2.34. The van der Waals surface area contributed by atoms with Crippen LogP contribution in [0.3, 0.4) is 0 Å². The lowest BCUT2D eigenvalue weighted by Crippen LogP contribution is -2.51. The van der Waals surface area contributed by atoms with Crippen LogP contribution in [0.5, 0.6) is 0 Å². The summed E-state index contributed by atoms with van der Waals surface area (Å²) in [6, 6.07) is 0. The van der Waals surface area contributed by atoms with Crippen LogP contribution in [0, 0.1) is 0 Å². The second-order valence-electron chi connectivity index (χ2n) is 7.95. The van der Waals surface area contributed by atoms with Crippen LogP contribution in [-0.4, -0.2) is 53.2 Å². The second kappa shape index (κ2) is 7.20. The van der Waals surface area contributed by atoms with E-state index in [0.29, 0.717) is 5.54 Å². The monoisotopic (exact) mass is 310 g/mol. The summed E-state index contributed by atoms with van der Waals surface area (Å²) >= 11 is 0. The van der Waals surface area contributed by atoms with Crippen molar-refractivity contribution in [1.29, 1.82) is 0 Å². The van der Waals surface area contributed by atoms with Gasteiger partial charge in [-0.05, 0) is 72.4 Å². The lowest BCUT2D eigenvalue weighted by molar-refractivity contribution is 0.0220. The number of hydrogen-bond acceptors (Lipinski definition) is 3. The Morgan fingerprint density at radius 3 is 2.27 bits per heavy atom. The normalized spacial score (nSPS) is 28.3. The van der Waals surface area contributed by atoms with E-state index in [1.165, 1.54) is 45.2 Å². The summed E-state index contributed by atoms with van der Waals surface area (Å²) in [5.41, 5.74) is -0.102. The third kappa shape index (κ3) is 4.37. The topological polar surface area (TPSA) is 32.8 Å². The summed E-state index contributed by atoms with van der Waals surface area (Å²) in [5.74, 6) is 0. The number of carbonyl (C=O) groups excluding carboxylic acids is 1. The van der Waals surface area contributed by atoms with E-state index < -0.39 is 5.60 Å². The molecule has 1 amide bonds. The molecule has 128 valence electrons. The molecular weight excluding hydrogens is 276 g/mol. The molecule has 2 aliphatic rings. The zero-order chi connectivity index (χ0) is 16.2. The van der Waals surface area contributed by atoms with Gasteiger partial charge in [0.05, 0.1) is 0 Å². The summed E-state index contributed by atoms with van der Waals surface area (Å²) in [4.78, 5) is 17.0. The average Bonchev–Trinajstić information content (AvgIpc) is 2.70. The molecule has 0 N–H and O–H groups in total. The molecule has 0 aromatic rings. The third-order valence-corrected chi connectivity index (χ3v) is 5.25. The van der Waals surface area contributed by atoms with E-state index in [-0.39, 0.29) is 6.09 Å². The number of amides is 1. The number of nitrogens with zero attached hydrogens (tertiary/aromatic N) is 2. The number of likely N-dealkylation sites (tertiary alicyclic amines) is 2. The fourth-order valence-corrected chi connectivity index (χ4v) is 3.95. The predicted octanol–water partition coefficient (Wildman–Crippen LogP) is 4.04. The molecule has 4 nitrogen and oxygen atoms in total. The number of hydrogen-bond donors (Lipinski definition) is 0. The van der Waals surface area contributed by atoms with E-state index in [2.05, 4.69) is 11.8 Å². The number of ether oxygens (including phenoxy) is 1. The number of rotatable bonds is 2. The molecule has 2 fully saturated rings. The highest BCUT2D eigenvalue weighted by molar-refractivity contribution is 5.68. The summed E-state index contributed by atoms with van der Waals surface area (Å²) in [6.07, 6.45) is 8.47. The highest BCUT2D eigenvalue weighted by atomic mass is 16.6. The Balaban J connectivity index is 1.99. The van der Waals surface area contributed by atoms with Gasteiger partial charge in [0.1, 0.15) is 5.60 Å². The van der Waals surface area contributed by atoms with Gasteiger partial charge in [0, 0.05) is 18.6 Å². The van der Waals surface area contributed by atoms with Crippen molar-refractivity contribution < 1.29 is 9.53 Å². The molecular formula is C18H34N2O2. The quantitative estimate of drug-likeness (QED) is 0.771. The molecule has 1 atom stereocenters. The van der Waals surface area contributed by atoms with Gasteiger partial charge in [-0.15, -0.1) is 0 Å². The average molecular weight is 310 g/mol. The first kappa shape index (κ1) is 17.6. The van der Waals surface area contributed by atoms with E-state index in [9.17, 15) is 4.79 Å². The van der Waals surface area contributed by atoms with Crippen LogP contribution in [0.2, 0.25) is 0 Å². The van der Waals surface area contributed by atoms with Crippen LogP contribution in [0.4, 0.5) is 4.79 Å². The van der Waals surface area contributed by atoms with Gasteiger partial charge in [-0.25, -0.2) is 4.79 Å². The lowest BCUT2D eigenvalue weighted by Gasteiger charge is -2.45. The summed E-state index contributed by atoms with van der Waals surface area (Å²) in [6.45, 7) is 12.3. The van der Waals surface area contributed by atoms with E-state index >= 15 is 0 Å². The van der Waals surface area contributed by atoms with Gasteiger partial charge in [0.25, 0.3) is 0 Å². The predicted molar refractivity (Wildman–Crippen MR) is 90.1 cm³/mol. The minimum Gasteiger partial charge on any atom is -0.444 e. The van der Waals surface area contributed by atoms with Gasteiger partial charge >= 0.3 is 6.09 Å². The maximum Gasteiger partial charge on any atom is 0.410 e. The fourth-order valence-electron chi connectivity index (χ4n) is 3.95. The molecule has 1 unspecified atom stereocenters. The van der Waals surface area contributed by atoms with E-state index in [4.69, 9.17) is 4.74 Å². The Kier molecular flexibility index (Phi) is 5.76. The van der Waals surface area contributed by atoms with Gasteiger partial charge in [0.15, 0.2) is 0 Å². The van der Waals surface area contributed by atoms with Crippen molar-refractivity contribution in [3.63, 3.8) is 0 Å². The maximum atomic E-state index is 12.3. The Hall–Kier alpha value is -0.770. The van der Waals surface area contributed by atoms with Crippen molar-refractivity contribution in [2.45, 2.75) is 83.8 Å². The lowest BCUT2D eigenvalue weighted by atomic mass is 9.84. The molecule has 0 spiro atoms. The first-order valence-electron chi connectivity index (χ1n) is 9.09. The van der Waals surface area contributed by atoms with Crippen molar-refractivity contribution in [1.82, 2.24) is 9.80 Å². The van der Waals surface area contributed by atoms with E-state index in [1.54, 1.807) is 0 Å². The van der Waals surface area contributed by atoms with Crippen molar-refractivity contribution in [3.05, 3.63) is 0 Å². The zero-order valence-corrected chi connectivity index (χ0v) is 15.0. The molecule has 2 rings (SSSR count). The SMILES string of the molecule is CCC1(N2CCCCC2)CCCN(C(=O)OC(C)(C)C)CC1. The van der Waals surface area contributed by atoms with Crippen LogP contribution >= 0.6 is 0 Å². The second-order valence-corrected chi connectivity index (χ2v) is 7.95. The highest BCUT2D eigenvalue weighted by Gasteiger charge is 2.38. The van der Waals surface area contributed by atoms with Crippen molar-refractivity contribution in [3.8, 4) is 0 Å². The molecule has 0 bridgehead atoms. The molecule has 0 radical (unpaired) electrons. The molecule has 22 heavy (non-hydrogen) atoms. The van der Waals surface area contributed by atoms with Crippen molar-refractivity contribution in [2.24, 2.45) is 0 Å². The summed E-state index contributed by atoms with van der Waals surface area (Å²) in [7, 11) is 0. The summed E-state index contributed by atoms with van der Waals surface area (Å²) in [5, 5.41) is 0. The molecule has 2 aliphatic heterocycles. The van der Waals surface area contributed by atoms with Crippen LogP contribution in [0.1, 0.15) is 72.6 Å². The first-order chi connectivity index (χ1) is 10.4. The first-order valence-corrected chi connectivity index (χ1v) is 9.09. The van der Waals surface area contributed by atoms with Gasteiger partial charge in [-0.1, -0.05) is 13.3 Å². The fraction of sp³-hybridized carbons (Fsp3) is 0.944. The molecule has 0 aromatic heterocycles. The number of carbonyl (C=O) groups is 1. The molecule has 0 saturated carbocycles. The Morgan fingerprint density at radius 1 is 1.00 bits per heavy atom. The standard InChI is InChI=1S/C18H34N2O2/c1-5-18(20-13-7-6-8-14-20)10-9-12-19(15-11-18)16(21)22-17(2,3)4/h5-15H2,1-4H3. The van der Waals surface area contributed by atoms with Gasteiger partial charge in [0.2, 0.25) is 0 Å². The van der Waals surface area contributed by atoms with Gasteiger partial charge < -0.3 is 9.64 Å². The minimum atomic E-state index is -0.405. The van der Waals surface area contributed by atoms with E-state index in [1.807, 2.05) is 25.7 Å². The largest absolute Gasteiger partial charge is 0.444 e. The molecule has 2 heterocycles. The van der Waals surface area contributed by atoms with Crippen LogP contribution in [0.25, 0.3) is 0 Å². The Bertz CT molecular complexity index is 372. The number of piperidine rings is 1. The van der Waals surface area contributed by atoms with Gasteiger partial charge in [-0.3, -0.25) is 4.90 Å². The van der Waals surface area contributed by atoms with Crippen LogP contribution < -0.4 is 0 Å². The van der Waals surface area contributed by atoms with Crippen LogP contribution in [-0.2, 0) is 4.74 Å². The summed E-state index contributed by atoms with van der Waals surface area (Å²) < 4.78 is 5.55. The molecule has 0 aromatic carbocycles. The molecule has 4 heteroatoms. The Labute approximate surface area is 136 Å². The Morgan fingerprint density at radius 2 is 1.68 bits per heavy atom. The molecule has 2 saturated heterocycles. The smallest absolute Gasteiger partial charge is 0.410 e. The third-order valence-electron chi connectivity index (χ3n) is 5.25. The van der Waals surface area contributed by atoms with E-state index in [0.717, 1.165) is 25.9 Å². The minimum absolute atomic E-state index is 0.141.